The molecule has 2 aromatic rings. The van der Waals surface area contributed by atoms with Crippen LogP contribution in [0.3, 0.4) is 0 Å². The van der Waals surface area contributed by atoms with Crippen molar-refractivity contribution in [3.05, 3.63) is 52.2 Å². The smallest absolute Gasteiger partial charge is 0.327 e. The van der Waals surface area contributed by atoms with Crippen molar-refractivity contribution < 1.29 is 9.90 Å². The summed E-state index contributed by atoms with van der Waals surface area (Å²) in [6, 6.07) is 11.2. The van der Waals surface area contributed by atoms with Crippen molar-refractivity contribution in [2.75, 3.05) is 5.32 Å². The summed E-state index contributed by atoms with van der Waals surface area (Å²) in [6.07, 6.45) is 0. The molecular formula is C13H11NO2S. The van der Waals surface area contributed by atoms with Gasteiger partial charge in [0.2, 0.25) is 0 Å². The number of carboxylic acid groups (broad SMARTS) is 1. The number of nitrogens with one attached hydrogen (secondary N) is 1. The summed E-state index contributed by atoms with van der Waals surface area (Å²) in [5.41, 5.74) is 2.00. The SMILES string of the molecule is O=C(O)C1Nc2ccccc2C1c1cccs1. The number of fused-ring (bicyclic) bond motifs is 1. The van der Waals surface area contributed by atoms with E-state index in [9.17, 15) is 9.90 Å². The van der Waals surface area contributed by atoms with E-state index in [0.29, 0.717) is 0 Å². The van der Waals surface area contributed by atoms with Gasteiger partial charge in [0.25, 0.3) is 0 Å². The molecule has 3 nitrogen and oxygen atoms in total. The number of benzene rings is 1. The zero-order chi connectivity index (χ0) is 11.8. The van der Waals surface area contributed by atoms with Crippen molar-refractivity contribution in [3.63, 3.8) is 0 Å². The van der Waals surface area contributed by atoms with Gasteiger partial charge in [-0.3, -0.25) is 0 Å². The number of rotatable bonds is 2. The van der Waals surface area contributed by atoms with Crippen LogP contribution in [0.15, 0.2) is 41.8 Å². The predicted molar refractivity (Wildman–Crippen MR) is 67.7 cm³/mol. The lowest BCUT2D eigenvalue weighted by atomic mass is 9.93. The molecule has 0 saturated heterocycles. The van der Waals surface area contributed by atoms with Crippen molar-refractivity contribution in [1.82, 2.24) is 0 Å². The number of para-hydroxylation sites is 1. The second kappa shape index (κ2) is 3.89. The first-order chi connectivity index (χ1) is 8.27. The van der Waals surface area contributed by atoms with E-state index in [2.05, 4.69) is 5.32 Å². The Hall–Kier alpha value is -1.81. The summed E-state index contributed by atoms with van der Waals surface area (Å²) in [5, 5.41) is 14.4. The van der Waals surface area contributed by atoms with Crippen LogP contribution in [-0.4, -0.2) is 17.1 Å². The first-order valence-electron chi connectivity index (χ1n) is 5.39. The third-order valence-corrected chi connectivity index (χ3v) is 4.01. The Morgan fingerprint density at radius 3 is 2.76 bits per heavy atom. The molecule has 17 heavy (non-hydrogen) atoms. The summed E-state index contributed by atoms with van der Waals surface area (Å²) >= 11 is 1.60. The molecule has 86 valence electrons. The van der Waals surface area contributed by atoms with Crippen molar-refractivity contribution in [2.24, 2.45) is 0 Å². The predicted octanol–water partition coefficient (Wildman–Crippen LogP) is 2.76. The fourth-order valence-corrected chi connectivity index (χ4v) is 3.20. The second-order valence-corrected chi connectivity index (χ2v) is 5.02. The standard InChI is InChI=1S/C13H11NO2S/c15-13(16)12-11(10-6-3-7-17-10)8-4-1-2-5-9(8)14-12/h1-7,11-12,14H,(H,15,16). The number of anilines is 1. The molecule has 0 fully saturated rings. The number of carboxylic acids is 1. The highest BCUT2D eigenvalue weighted by atomic mass is 32.1. The van der Waals surface area contributed by atoms with E-state index in [-0.39, 0.29) is 5.92 Å². The van der Waals surface area contributed by atoms with Crippen LogP contribution in [-0.2, 0) is 4.79 Å². The highest BCUT2D eigenvalue weighted by molar-refractivity contribution is 7.10. The van der Waals surface area contributed by atoms with E-state index in [1.807, 2.05) is 41.8 Å². The molecule has 1 aromatic heterocycles. The average Bonchev–Trinajstić information content (AvgIpc) is 2.94. The Morgan fingerprint density at radius 2 is 2.06 bits per heavy atom. The van der Waals surface area contributed by atoms with Gasteiger partial charge in [0.15, 0.2) is 0 Å². The largest absolute Gasteiger partial charge is 0.480 e. The van der Waals surface area contributed by atoms with Crippen LogP contribution in [0, 0.1) is 0 Å². The first kappa shape index (κ1) is 10.4. The Balaban J connectivity index is 2.11. The molecule has 0 bridgehead atoms. The van der Waals surface area contributed by atoms with E-state index < -0.39 is 12.0 Å². The number of carbonyl (C=O) groups is 1. The fourth-order valence-electron chi connectivity index (χ4n) is 2.32. The summed E-state index contributed by atoms with van der Waals surface area (Å²) in [7, 11) is 0. The van der Waals surface area contributed by atoms with Crippen molar-refractivity contribution >= 4 is 23.0 Å². The van der Waals surface area contributed by atoms with Gasteiger partial charge in [-0.2, -0.15) is 0 Å². The molecule has 3 rings (SSSR count). The summed E-state index contributed by atoms with van der Waals surface area (Å²) in [6.45, 7) is 0. The maximum Gasteiger partial charge on any atom is 0.327 e. The number of hydrogen-bond donors (Lipinski definition) is 2. The van der Waals surface area contributed by atoms with E-state index in [4.69, 9.17) is 0 Å². The van der Waals surface area contributed by atoms with Gasteiger partial charge in [-0.1, -0.05) is 24.3 Å². The van der Waals surface area contributed by atoms with Crippen LogP contribution in [0.5, 0.6) is 0 Å². The summed E-state index contributed by atoms with van der Waals surface area (Å²) in [4.78, 5) is 12.4. The van der Waals surface area contributed by atoms with Gasteiger partial charge in [0.05, 0.1) is 5.92 Å². The monoisotopic (exact) mass is 245 g/mol. The van der Waals surface area contributed by atoms with Gasteiger partial charge in [-0.25, -0.2) is 4.79 Å². The molecule has 2 N–H and O–H groups in total. The van der Waals surface area contributed by atoms with Crippen molar-refractivity contribution in [3.8, 4) is 0 Å². The van der Waals surface area contributed by atoms with Crippen molar-refractivity contribution in [1.29, 1.82) is 0 Å². The Morgan fingerprint density at radius 1 is 1.24 bits per heavy atom. The Kier molecular flexibility index (Phi) is 2.37. The summed E-state index contributed by atoms with van der Waals surface area (Å²) in [5.74, 6) is -0.886. The van der Waals surface area contributed by atoms with Crippen LogP contribution in [0.25, 0.3) is 0 Å². The molecule has 0 aliphatic carbocycles. The fraction of sp³-hybridized carbons (Fsp3) is 0.154. The third kappa shape index (κ3) is 1.61. The lowest BCUT2D eigenvalue weighted by Crippen LogP contribution is -2.30. The summed E-state index contributed by atoms with van der Waals surface area (Å²) < 4.78 is 0. The van der Waals surface area contributed by atoms with Gasteiger partial charge in [0, 0.05) is 10.6 Å². The van der Waals surface area contributed by atoms with Gasteiger partial charge in [0.1, 0.15) is 6.04 Å². The molecular weight excluding hydrogens is 234 g/mol. The molecule has 2 atom stereocenters. The van der Waals surface area contributed by atoms with Gasteiger partial charge >= 0.3 is 5.97 Å². The Labute approximate surface area is 103 Å². The molecule has 0 radical (unpaired) electrons. The van der Waals surface area contributed by atoms with Gasteiger partial charge < -0.3 is 10.4 Å². The average molecular weight is 245 g/mol. The quantitative estimate of drug-likeness (QED) is 0.855. The maximum atomic E-state index is 11.3. The lowest BCUT2D eigenvalue weighted by molar-refractivity contribution is -0.138. The van der Waals surface area contributed by atoms with E-state index in [0.717, 1.165) is 16.1 Å². The molecule has 1 aromatic carbocycles. The first-order valence-corrected chi connectivity index (χ1v) is 6.27. The van der Waals surface area contributed by atoms with Crippen LogP contribution in [0.2, 0.25) is 0 Å². The number of hydrogen-bond acceptors (Lipinski definition) is 3. The van der Waals surface area contributed by atoms with Crippen LogP contribution in [0.1, 0.15) is 16.4 Å². The molecule has 0 amide bonds. The van der Waals surface area contributed by atoms with E-state index >= 15 is 0 Å². The molecule has 1 aliphatic heterocycles. The lowest BCUT2D eigenvalue weighted by Gasteiger charge is -2.14. The molecule has 2 heterocycles. The number of thiophene rings is 1. The minimum atomic E-state index is -0.806. The number of aliphatic carboxylic acids is 1. The molecule has 4 heteroatoms. The zero-order valence-corrected chi connectivity index (χ0v) is 9.78. The third-order valence-electron chi connectivity index (χ3n) is 3.06. The van der Waals surface area contributed by atoms with Gasteiger partial charge in [-0.15, -0.1) is 11.3 Å². The van der Waals surface area contributed by atoms with Crippen LogP contribution >= 0.6 is 11.3 Å². The van der Waals surface area contributed by atoms with Crippen LogP contribution < -0.4 is 5.32 Å². The normalized spacial score (nSPS) is 21.9. The van der Waals surface area contributed by atoms with Gasteiger partial charge in [-0.05, 0) is 23.1 Å². The van der Waals surface area contributed by atoms with Crippen molar-refractivity contribution in [2.45, 2.75) is 12.0 Å². The highest BCUT2D eigenvalue weighted by Gasteiger charge is 2.38. The molecule has 0 spiro atoms. The second-order valence-electron chi connectivity index (χ2n) is 4.04. The maximum absolute atomic E-state index is 11.3. The van der Waals surface area contributed by atoms with E-state index in [1.54, 1.807) is 11.3 Å². The Bertz CT molecular complexity index is 550. The topological polar surface area (TPSA) is 49.3 Å². The van der Waals surface area contributed by atoms with E-state index in [1.165, 1.54) is 0 Å². The molecule has 1 aliphatic rings. The van der Waals surface area contributed by atoms with Crippen LogP contribution in [0.4, 0.5) is 5.69 Å². The zero-order valence-electron chi connectivity index (χ0n) is 8.96. The highest BCUT2D eigenvalue weighted by Crippen LogP contribution is 2.41. The minimum Gasteiger partial charge on any atom is -0.480 e. The molecule has 0 saturated carbocycles. The molecule has 2 unspecified atom stereocenters. The minimum absolute atomic E-state index is 0.0799.